The van der Waals surface area contributed by atoms with E-state index in [2.05, 4.69) is 10.6 Å². The third-order valence-electron chi connectivity index (χ3n) is 4.25. The molecule has 0 spiro atoms. The number of ether oxygens (including phenoxy) is 1. The Morgan fingerprint density at radius 3 is 2.96 bits per heavy atom. The number of para-hydroxylation sites is 1. The number of amides is 2. The number of carbonyl (C=O) groups is 1. The van der Waals surface area contributed by atoms with E-state index in [1.54, 1.807) is 12.1 Å². The lowest BCUT2D eigenvalue weighted by Gasteiger charge is -2.16. The van der Waals surface area contributed by atoms with Gasteiger partial charge < -0.3 is 20.5 Å². The molecule has 0 radical (unpaired) electrons. The minimum Gasteiger partial charge on any atom is -0.491 e. The van der Waals surface area contributed by atoms with E-state index < -0.39 is 0 Å². The van der Waals surface area contributed by atoms with Crippen LogP contribution >= 0.6 is 0 Å². The Labute approximate surface area is 145 Å². The van der Waals surface area contributed by atoms with Crippen molar-refractivity contribution in [2.45, 2.75) is 25.4 Å². The molecule has 5 nitrogen and oxygen atoms in total. The molecule has 132 valence electrons. The highest BCUT2D eigenvalue weighted by molar-refractivity contribution is 5.74. The minimum absolute atomic E-state index is 0.0695. The van der Waals surface area contributed by atoms with Gasteiger partial charge in [-0.25, -0.2) is 9.18 Å². The Bertz CT molecular complexity index is 751. The number of hydrogen-bond donors (Lipinski definition) is 3. The molecule has 0 aliphatic heterocycles. The lowest BCUT2D eigenvalue weighted by Crippen LogP contribution is -2.37. The number of hydrogen-bond acceptors (Lipinski definition) is 3. The van der Waals surface area contributed by atoms with Crippen molar-refractivity contribution >= 4 is 6.03 Å². The highest BCUT2D eigenvalue weighted by atomic mass is 19.1. The van der Waals surface area contributed by atoms with Crippen LogP contribution in [0.15, 0.2) is 42.5 Å². The molecule has 0 saturated carbocycles. The van der Waals surface area contributed by atoms with Crippen LogP contribution in [0.25, 0.3) is 0 Å². The molecule has 25 heavy (non-hydrogen) atoms. The number of rotatable bonds is 6. The fraction of sp³-hybridized carbons (Fsp3) is 0.316. The quantitative estimate of drug-likeness (QED) is 0.754. The molecule has 0 fully saturated rings. The zero-order valence-corrected chi connectivity index (χ0v) is 13.8. The Kier molecular flexibility index (Phi) is 5.50. The molecule has 0 bridgehead atoms. The van der Waals surface area contributed by atoms with Crippen LogP contribution in [0.2, 0.25) is 0 Å². The normalized spacial score (nSPS) is 15.5. The van der Waals surface area contributed by atoms with Gasteiger partial charge in [-0.2, -0.15) is 0 Å². The molecular weight excluding hydrogens is 323 g/mol. The van der Waals surface area contributed by atoms with E-state index in [1.165, 1.54) is 12.1 Å². The summed E-state index contributed by atoms with van der Waals surface area (Å²) < 4.78 is 18.9. The standard InChI is InChI=1S/C19H21FN2O3/c20-15-7-5-13-6-8-17(16(13)11-15)22-19(24)21-12-14-3-1-2-4-18(14)25-10-9-23/h1-5,7,11,17,23H,6,8-10,12H2,(H2,21,22,24). The number of carbonyl (C=O) groups excluding carboxylic acids is 1. The third-order valence-corrected chi connectivity index (χ3v) is 4.25. The van der Waals surface area contributed by atoms with Crippen LogP contribution in [0, 0.1) is 5.82 Å². The number of aliphatic hydroxyl groups excluding tert-OH is 1. The predicted octanol–water partition coefficient (Wildman–Crippen LogP) is 2.68. The molecule has 0 aromatic heterocycles. The first kappa shape index (κ1) is 17.2. The van der Waals surface area contributed by atoms with E-state index in [1.807, 2.05) is 18.2 Å². The van der Waals surface area contributed by atoms with E-state index in [0.717, 1.165) is 29.5 Å². The van der Waals surface area contributed by atoms with Crippen LogP contribution < -0.4 is 15.4 Å². The summed E-state index contributed by atoms with van der Waals surface area (Å²) in [6, 6.07) is 11.6. The molecule has 2 aromatic rings. The van der Waals surface area contributed by atoms with E-state index >= 15 is 0 Å². The summed E-state index contributed by atoms with van der Waals surface area (Å²) in [7, 11) is 0. The van der Waals surface area contributed by atoms with Gasteiger partial charge in [0.25, 0.3) is 0 Å². The van der Waals surface area contributed by atoms with Gasteiger partial charge in [0.05, 0.1) is 12.6 Å². The Hall–Kier alpha value is -2.60. The van der Waals surface area contributed by atoms with Gasteiger partial charge >= 0.3 is 6.03 Å². The average Bonchev–Trinajstić information content (AvgIpc) is 3.01. The molecule has 3 N–H and O–H groups in total. The van der Waals surface area contributed by atoms with Gasteiger partial charge in [0.15, 0.2) is 0 Å². The summed E-state index contributed by atoms with van der Waals surface area (Å²) in [4.78, 5) is 12.2. The molecule has 1 atom stereocenters. The first-order valence-corrected chi connectivity index (χ1v) is 8.31. The highest BCUT2D eigenvalue weighted by Crippen LogP contribution is 2.31. The molecule has 2 amide bonds. The Morgan fingerprint density at radius 2 is 2.12 bits per heavy atom. The van der Waals surface area contributed by atoms with Crippen LogP contribution in [0.4, 0.5) is 9.18 Å². The van der Waals surface area contributed by atoms with Crippen molar-refractivity contribution in [3.8, 4) is 5.75 Å². The van der Waals surface area contributed by atoms with E-state index in [0.29, 0.717) is 12.3 Å². The van der Waals surface area contributed by atoms with E-state index in [-0.39, 0.29) is 31.1 Å². The molecule has 0 heterocycles. The smallest absolute Gasteiger partial charge is 0.315 e. The number of halogens is 1. The van der Waals surface area contributed by atoms with E-state index in [9.17, 15) is 9.18 Å². The fourth-order valence-electron chi connectivity index (χ4n) is 3.05. The van der Waals surface area contributed by atoms with Gasteiger partial charge in [0.2, 0.25) is 0 Å². The number of fused-ring (bicyclic) bond motifs is 1. The molecule has 6 heteroatoms. The molecule has 1 aliphatic carbocycles. The molecule has 1 aliphatic rings. The molecule has 0 saturated heterocycles. The topological polar surface area (TPSA) is 70.6 Å². The van der Waals surface area contributed by atoms with Crippen molar-refractivity contribution < 1.29 is 19.0 Å². The first-order chi connectivity index (χ1) is 12.2. The molecule has 2 aromatic carbocycles. The summed E-state index contributed by atoms with van der Waals surface area (Å²) in [5.41, 5.74) is 2.75. The number of nitrogens with one attached hydrogen (secondary N) is 2. The van der Waals surface area contributed by atoms with Gasteiger partial charge in [-0.05, 0) is 42.2 Å². The maximum atomic E-state index is 13.4. The first-order valence-electron chi connectivity index (χ1n) is 8.31. The van der Waals surface area contributed by atoms with Gasteiger partial charge in [0.1, 0.15) is 18.2 Å². The van der Waals surface area contributed by atoms with Gasteiger partial charge in [-0.15, -0.1) is 0 Å². The van der Waals surface area contributed by atoms with Crippen LogP contribution in [0.5, 0.6) is 5.75 Å². The average molecular weight is 344 g/mol. The third kappa shape index (κ3) is 4.28. The second-order valence-electron chi connectivity index (χ2n) is 5.94. The van der Waals surface area contributed by atoms with Crippen molar-refractivity contribution in [2.24, 2.45) is 0 Å². The SMILES string of the molecule is O=C(NCc1ccccc1OCCO)NC1CCc2ccc(F)cc21. The maximum Gasteiger partial charge on any atom is 0.315 e. The summed E-state index contributed by atoms with van der Waals surface area (Å²) >= 11 is 0. The highest BCUT2D eigenvalue weighted by Gasteiger charge is 2.24. The zero-order chi connectivity index (χ0) is 17.6. The van der Waals surface area contributed by atoms with Crippen LogP contribution in [-0.4, -0.2) is 24.4 Å². The van der Waals surface area contributed by atoms with Gasteiger partial charge in [-0.3, -0.25) is 0 Å². The van der Waals surface area contributed by atoms with Crippen LogP contribution in [0.3, 0.4) is 0 Å². The second kappa shape index (κ2) is 7.98. The zero-order valence-electron chi connectivity index (χ0n) is 13.8. The summed E-state index contributed by atoms with van der Waals surface area (Å²) in [6.07, 6.45) is 1.60. The molecular formula is C19H21FN2O3. The summed E-state index contributed by atoms with van der Waals surface area (Å²) in [5.74, 6) is 0.341. The van der Waals surface area contributed by atoms with Gasteiger partial charge in [-0.1, -0.05) is 24.3 Å². The lowest BCUT2D eigenvalue weighted by molar-refractivity contribution is 0.200. The van der Waals surface area contributed by atoms with Crippen molar-refractivity contribution in [2.75, 3.05) is 13.2 Å². The van der Waals surface area contributed by atoms with Gasteiger partial charge in [0, 0.05) is 12.1 Å². The number of aryl methyl sites for hydroxylation is 1. The number of aliphatic hydroxyl groups is 1. The summed E-state index contributed by atoms with van der Waals surface area (Å²) in [5, 5.41) is 14.6. The lowest BCUT2D eigenvalue weighted by atomic mass is 10.1. The fourth-order valence-corrected chi connectivity index (χ4v) is 3.05. The van der Waals surface area contributed by atoms with E-state index in [4.69, 9.17) is 9.84 Å². The van der Waals surface area contributed by atoms with Crippen molar-refractivity contribution in [1.82, 2.24) is 10.6 Å². The minimum atomic E-state index is -0.306. The molecule has 3 rings (SSSR count). The Balaban J connectivity index is 1.57. The van der Waals surface area contributed by atoms with Crippen molar-refractivity contribution in [1.29, 1.82) is 0 Å². The van der Waals surface area contributed by atoms with Crippen molar-refractivity contribution in [3.05, 3.63) is 65.0 Å². The second-order valence-corrected chi connectivity index (χ2v) is 5.94. The van der Waals surface area contributed by atoms with Crippen molar-refractivity contribution in [3.63, 3.8) is 0 Å². The van der Waals surface area contributed by atoms with Crippen LogP contribution in [0.1, 0.15) is 29.2 Å². The largest absolute Gasteiger partial charge is 0.491 e. The monoisotopic (exact) mass is 344 g/mol. The van der Waals surface area contributed by atoms with Crippen LogP contribution in [-0.2, 0) is 13.0 Å². The maximum absolute atomic E-state index is 13.4. The number of benzene rings is 2. The predicted molar refractivity (Wildman–Crippen MR) is 91.9 cm³/mol. The molecule has 1 unspecified atom stereocenters. The Morgan fingerprint density at radius 1 is 1.28 bits per heavy atom. The summed E-state index contributed by atoms with van der Waals surface area (Å²) in [6.45, 7) is 0.434. The number of urea groups is 1.